The van der Waals surface area contributed by atoms with Crippen molar-refractivity contribution in [1.82, 2.24) is 29.0 Å². The minimum absolute atomic E-state index is 0.281. The van der Waals surface area contributed by atoms with Gasteiger partial charge in [-0.25, -0.2) is 14.5 Å². The van der Waals surface area contributed by atoms with Gasteiger partial charge in [-0.05, 0) is 24.1 Å². The molecule has 35 heavy (non-hydrogen) atoms. The second kappa shape index (κ2) is 9.20. The highest BCUT2D eigenvalue weighted by atomic mass is 16.5. The molecule has 0 saturated carbocycles. The third kappa shape index (κ3) is 4.25. The topological polar surface area (TPSA) is 105 Å². The fourth-order valence-corrected chi connectivity index (χ4v) is 4.12. The van der Waals surface area contributed by atoms with E-state index in [1.54, 1.807) is 40.5 Å². The maximum Gasteiger partial charge on any atom is 0.298 e. The zero-order chi connectivity index (χ0) is 24.4. The number of carbonyl (C=O) groups excluding carboxylic acids is 1. The van der Waals surface area contributed by atoms with Crippen molar-refractivity contribution in [2.45, 2.75) is 6.61 Å². The van der Waals surface area contributed by atoms with Crippen LogP contribution in [0.25, 0.3) is 16.6 Å². The van der Waals surface area contributed by atoms with Gasteiger partial charge in [0.1, 0.15) is 24.2 Å². The van der Waals surface area contributed by atoms with Gasteiger partial charge in [-0.2, -0.15) is 10.4 Å². The molecule has 1 aliphatic rings. The zero-order valence-corrected chi connectivity index (χ0v) is 19.1. The van der Waals surface area contributed by atoms with Crippen LogP contribution in [-0.4, -0.2) is 61.1 Å². The number of hydrogen-bond donors (Lipinski definition) is 0. The first-order valence-corrected chi connectivity index (χ1v) is 11.0. The van der Waals surface area contributed by atoms with Gasteiger partial charge in [-0.15, -0.1) is 6.42 Å². The molecule has 0 atom stereocenters. The number of hydrogen-bond acceptors (Lipinski definition) is 7. The Morgan fingerprint density at radius 2 is 2.03 bits per heavy atom. The van der Waals surface area contributed by atoms with E-state index in [0.29, 0.717) is 49.6 Å². The van der Waals surface area contributed by atoms with Crippen LogP contribution in [-0.2, 0) is 18.4 Å². The Morgan fingerprint density at radius 3 is 2.69 bits per heavy atom. The fourth-order valence-electron chi connectivity index (χ4n) is 4.12. The lowest BCUT2D eigenvalue weighted by Gasteiger charge is -2.34. The lowest BCUT2D eigenvalue weighted by atomic mass is 10.1. The number of rotatable bonds is 5. The molecule has 4 aromatic heterocycles. The smallest absolute Gasteiger partial charge is 0.298 e. The fraction of sp³-hybridized carbons (Fsp3) is 0.240. The molecule has 0 bridgehead atoms. The molecule has 0 N–H and O–H groups in total. The Hall–Kier alpha value is -4.83. The number of fused-ring (bicyclic) bond motifs is 1. The SMILES string of the molecule is C#CC(=O)N1CCN(c2ccc(-c3cc(OCc4cncn4C)cn4ncc(C#N)c34)cn2)CC1. The van der Waals surface area contributed by atoms with Crippen molar-refractivity contribution in [2.24, 2.45) is 7.05 Å². The van der Waals surface area contributed by atoms with E-state index in [0.717, 1.165) is 22.6 Å². The van der Waals surface area contributed by atoms with Crippen LogP contribution >= 0.6 is 0 Å². The molecule has 1 amide bonds. The van der Waals surface area contributed by atoms with Crippen molar-refractivity contribution in [3.8, 4) is 35.3 Å². The lowest BCUT2D eigenvalue weighted by Crippen LogP contribution is -2.48. The van der Waals surface area contributed by atoms with Crippen LogP contribution < -0.4 is 9.64 Å². The highest BCUT2D eigenvalue weighted by Gasteiger charge is 2.21. The predicted octanol–water partition coefficient (Wildman–Crippen LogP) is 1.86. The third-order valence-corrected chi connectivity index (χ3v) is 6.08. The minimum Gasteiger partial charge on any atom is -0.486 e. The molecule has 4 aromatic rings. The van der Waals surface area contributed by atoms with Gasteiger partial charge in [0.2, 0.25) is 0 Å². The van der Waals surface area contributed by atoms with Gasteiger partial charge in [0.15, 0.2) is 0 Å². The normalized spacial score (nSPS) is 13.5. The summed E-state index contributed by atoms with van der Waals surface area (Å²) in [7, 11) is 1.91. The molecule has 174 valence electrons. The van der Waals surface area contributed by atoms with Crippen molar-refractivity contribution in [1.29, 1.82) is 5.26 Å². The lowest BCUT2D eigenvalue weighted by molar-refractivity contribution is -0.125. The molecule has 5 heterocycles. The first kappa shape index (κ1) is 22.0. The Labute approximate surface area is 202 Å². The number of pyridine rings is 2. The van der Waals surface area contributed by atoms with Gasteiger partial charge >= 0.3 is 0 Å². The standard InChI is InChI=1S/C25H22N8O2/c1-3-24(34)32-8-6-31(7-9-32)23-5-4-18(12-28-23)22-10-21(35-16-20-14-27-17-30(20)2)15-33-25(22)19(11-26)13-29-33/h1,4-5,10,12-15,17H,6-9,16H2,2H3. The average Bonchev–Trinajstić information content (AvgIpc) is 3.52. The molecular formula is C25H22N8O2. The highest BCUT2D eigenvalue weighted by Crippen LogP contribution is 2.31. The summed E-state index contributed by atoms with van der Waals surface area (Å²) >= 11 is 0. The number of piperazine rings is 1. The molecule has 1 saturated heterocycles. The number of anilines is 1. The second-order valence-corrected chi connectivity index (χ2v) is 8.17. The molecule has 0 aromatic carbocycles. The summed E-state index contributed by atoms with van der Waals surface area (Å²) in [5.74, 6) is 3.31. The largest absolute Gasteiger partial charge is 0.486 e. The van der Waals surface area contributed by atoms with Crippen LogP contribution in [0.4, 0.5) is 5.82 Å². The van der Waals surface area contributed by atoms with Gasteiger partial charge in [0, 0.05) is 50.6 Å². The van der Waals surface area contributed by atoms with E-state index in [1.165, 1.54) is 0 Å². The Bertz CT molecular complexity index is 1460. The minimum atomic E-state index is -0.281. The van der Waals surface area contributed by atoms with Crippen molar-refractivity contribution in [3.05, 3.63) is 60.6 Å². The highest BCUT2D eigenvalue weighted by molar-refractivity contribution is 5.93. The molecule has 1 fully saturated rings. The first-order valence-electron chi connectivity index (χ1n) is 11.0. The molecular weight excluding hydrogens is 444 g/mol. The number of aryl methyl sites for hydroxylation is 1. The van der Waals surface area contributed by atoms with Crippen molar-refractivity contribution in [2.75, 3.05) is 31.1 Å². The number of terminal acetylenes is 1. The van der Waals surface area contributed by atoms with E-state index in [9.17, 15) is 10.1 Å². The number of amides is 1. The van der Waals surface area contributed by atoms with E-state index in [-0.39, 0.29) is 5.91 Å². The second-order valence-electron chi connectivity index (χ2n) is 8.17. The zero-order valence-electron chi connectivity index (χ0n) is 19.1. The molecule has 0 radical (unpaired) electrons. The van der Waals surface area contributed by atoms with Crippen LogP contribution in [0, 0.1) is 23.7 Å². The number of nitrogens with zero attached hydrogens (tertiary/aromatic N) is 8. The summed E-state index contributed by atoms with van der Waals surface area (Å²) in [6.07, 6.45) is 13.8. The summed E-state index contributed by atoms with van der Waals surface area (Å²) in [4.78, 5) is 24.3. The van der Waals surface area contributed by atoms with Crippen LogP contribution in [0.1, 0.15) is 11.3 Å². The van der Waals surface area contributed by atoms with Gasteiger partial charge in [0.25, 0.3) is 5.91 Å². The number of imidazole rings is 1. The van der Waals surface area contributed by atoms with Crippen LogP contribution in [0.3, 0.4) is 0 Å². The van der Waals surface area contributed by atoms with Gasteiger partial charge in [-0.3, -0.25) is 4.79 Å². The van der Waals surface area contributed by atoms with Gasteiger partial charge < -0.3 is 19.1 Å². The number of aromatic nitrogens is 5. The molecule has 1 aliphatic heterocycles. The molecule has 10 heteroatoms. The van der Waals surface area contributed by atoms with Crippen molar-refractivity contribution >= 4 is 17.2 Å². The maximum atomic E-state index is 11.7. The monoisotopic (exact) mass is 466 g/mol. The van der Waals surface area contributed by atoms with Crippen molar-refractivity contribution in [3.63, 3.8) is 0 Å². The molecule has 0 unspecified atom stereocenters. The van der Waals surface area contributed by atoms with E-state index < -0.39 is 0 Å². The summed E-state index contributed by atoms with van der Waals surface area (Å²) < 4.78 is 9.57. The quantitative estimate of drug-likeness (QED) is 0.414. The predicted molar refractivity (Wildman–Crippen MR) is 128 cm³/mol. The summed E-state index contributed by atoms with van der Waals surface area (Å²) in [5.41, 5.74) is 3.72. The van der Waals surface area contributed by atoms with Crippen molar-refractivity contribution < 1.29 is 9.53 Å². The summed E-state index contributed by atoms with van der Waals surface area (Å²) in [6.45, 7) is 2.78. The molecule has 5 rings (SSSR count). The Kier molecular flexibility index (Phi) is 5.78. The molecule has 0 spiro atoms. The summed E-state index contributed by atoms with van der Waals surface area (Å²) in [6, 6.07) is 8.02. The third-order valence-electron chi connectivity index (χ3n) is 6.08. The van der Waals surface area contributed by atoms with Crippen LogP contribution in [0.2, 0.25) is 0 Å². The number of ether oxygens (including phenoxy) is 1. The Morgan fingerprint density at radius 1 is 1.20 bits per heavy atom. The van der Waals surface area contributed by atoms with E-state index in [1.807, 2.05) is 29.8 Å². The van der Waals surface area contributed by atoms with Crippen LogP contribution in [0.15, 0.2) is 49.3 Å². The summed E-state index contributed by atoms with van der Waals surface area (Å²) in [5, 5.41) is 13.9. The van der Waals surface area contributed by atoms with E-state index in [2.05, 4.69) is 32.0 Å². The van der Waals surface area contributed by atoms with E-state index in [4.69, 9.17) is 11.2 Å². The Balaban J connectivity index is 1.42. The van der Waals surface area contributed by atoms with Gasteiger partial charge in [0.05, 0.1) is 41.7 Å². The molecule has 10 nitrogen and oxygen atoms in total. The van der Waals surface area contributed by atoms with Crippen LogP contribution in [0.5, 0.6) is 5.75 Å². The van der Waals surface area contributed by atoms with Gasteiger partial charge in [-0.1, -0.05) is 0 Å². The average molecular weight is 467 g/mol. The first-order chi connectivity index (χ1) is 17.1. The number of carbonyl (C=O) groups is 1. The maximum absolute atomic E-state index is 11.7. The molecule has 0 aliphatic carbocycles. The number of nitriles is 1. The van der Waals surface area contributed by atoms with E-state index >= 15 is 0 Å².